The van der Waals surface area contributed by atoms with E-state index in [1.807, 2.05) is 0 Å². The summed E-state index contributed by atoms with van der Waals surface area (Å²) in [6.07, 6.45) is 45.6. The molecular formula is C58H111NO10. The Bertz CT molecular complexity index is 1170. The molecule has 11 heteroatoms. The van der Waals surface area contributed by atoms with Crippen LogP contribution in [0.15, 0.2) is 24.3 Å². The number of rotatable bonds is 50. The third-order valence-corrected chi connectivity index (χ3v) is 14.2. The van der Waals surface area contributed by atoms with Crippen LogP contribution in [0.2, 0.25) is 0 Å². The van der Waals surface area contributed by atoms with Crippen molar-refractivity contribution in [3.63, 3.8) is 0 Å². The van der Waals surface area contributed by atoms with Crippen LogP contribution in [0.5, 0.6) is 0 Å². The van der Waals surface area contributed by atoms with E-state index >= 15 is 0 Å². The molecule has 9 atom stereocenters. The maximum atomic E-state index is 13.1. The molecule has 0 saturated carbocycles. The topological polar surface area (TPSA) is 189 Å². The molecule has 0 spiro atoms. The van der Waals surface area contributed by atoms with E-state index < -0.39 is 74.2 Å². The second-order valence-corrected chi connectivity index (χ2v) is 20.7. The smallest absolute Gasteiger partial charge is 0.249 e. The Morgan fingerprint density at radius 2 is 0.870 bits per heavy atom. The van der Waals surface area contributed by atoms with Crippen LogP contribution in [-0.2, 0) is 14.3 Å². The van der Waals surface area contributed by atoms with Crippen LogP contribution in [0, 0.1) is 0 Å². The molecule has 1 aliphatic heterocycles. The highest BCUT2D eigenvalue weighted by molar-refractivity contribution is 5.80. The van der Waals surface area contributed by atoms with Gasteiger partial charge in [0.1, 0.15) is 36.6 Å². The zero-order chi connectivity index (χ0) is 50.4. The second kappa shape index (κ2) is 47.6. The summed E-state index contributed by atoms with van der Waals surface area (Å²) in [5.41, 5.74) is 0. The Morgan fingerprint density at radius 1 is 0.493 bits per heavy atom. The van der Waals surface area contributed by atoms with Crippen molar-refractivity contribution in [1.29, 1.82) is 0 Å². The minimum absolute atomic E-state index is 0.249. The Morgan fingerprint density at radius 3 is 1.29 bits per heavy atom. The normalized spacial score (nSPS) is 20.5. The predicted molar refractivity (Wildman–Crippen MR) is 284 cm³/mol. The van der Waals surface area contributed by atoms with Crippen LogP contribution in [-0.4, -0.2) is 110 Å². The summed E-state index contributed by atoms with van der Waals surface area (Å²) in [6.45, 7) is 3.43. The van der Waals surface area contributed by atoms with Gasteiger partial charge in [0.25, 0.3) is 0 Å². The quantitative estimate of drug-likeness (QED) is 0.0215. The molecule has 0 aromatic carbocycles. The fourth-order valence-electron chi connectivity index (χ4n) is 9.46. The third kappa shape index (κ3) is 36.2. The van der Waals surface area contributed by atoms with Crippen LogP contribution < -0.4 is 5.32 Å². The first kappa shape index (κ1) is 65.6. The van der Waals surface area contributed by atoms with E-state index in [1.165, 1.54) is 186 Å². The summed E-state index contributed by atoms with van der Waals surface area (Å²) < 4.78 is 11.1. The van der Waals surface area contributed by atoms with E-state index in [9.17, 15) is 40.5 Å². The van der Waals surface area contributed by atoms with Crippen LogP contribution in [0.4, 0.5) is 0 Å². The minimum Gasteiger partial charge on any atom is -0.394 e. The SMILES string of the molecule is CCCCCCCCCCCCCCCCCCCCCCCC/C=C/CC/C=C/CCCC(O)C(O)C(COC1OC(CO)C(O)C(O)C1O)NC(=O)C(O)CCCCCCCCCCCCC. The first-order chi connectivity index (χ1) is 33.7. The summed E-state index contributed by atoms with van der Waals surface area (Å²) in [5.74, 6) is -0.709. The van der Waals surface area contributed by atoms with Gasteiger partial charge in [0.05, 0.1) is 25.4 Å². The average molecular weight is 983 g/mol. The van der Waals surface area contributed by atoms with Gasteiger partial charge >= 0.3 is 0 Å². The van der Waals surface area contributed by atoms with Crippen molar-refractivity contribution in [1.82, 2.24) is 5.32 Å². The van der Waals surface area contributed by atoms with Gasteiger partial charge in [-0.25, -0.2) is 0 Å². The van der Waals surface area contributed by atoms with Crippen LogP contribution in [0.3, 0.4) is 0 Å². The van der Waals surface area contributed by atoms with E-state index in [2.05, 4.69) is 43.5 Å². The van der Waals surface area contributed by atoms with E-state index in [0.717, 1.165) is 38.5 Å². The number of allylic oxidation sites excluding steroid dienone is 4. The van der Waals surface area contributed by atoms with Gasteiger partial charge in [-0.3, -0.25) is 4.79 Å². The molecule has 11 nitrogen and oxygen atoms in total. The molecule has 0 radical (unpaired) electrons. The number of unbranched alkanes of at least 4 members (excludes halogenated alkanes) is 34. The zero-order valence-electron chi connectivity index (χ0n) is 44.6. The number of nitrogens with one attached hydrogen (secondary N) is 1. The summed E-state index contributed by atoms with van der Waals surface area (Å²) >= 11 is 0. The Labute approximate surface area is 423 Å². The largest absolute Gasteiger partial charge is 0.394 e. The highest BCUT2D eigenvalue weighted by Gasteiger charge is 2.44. The van der Waals surface area contributed by atoms with E-state index in [0.29, 0.717) is 19.3 Å². The Balaban J connectivity index is 2.24. The highest BCUT2D eigenvalue weighted by Crippen LogP contribution is 2.23. The van der Waals surface area contributed by atoms with Crippen LogP contribution in [0.25, 0.3) is 0 Å². The maximum absolute atomic E-state index is 13.1. The number of ether oxygens (including phenoxy) is 2. The number of hydrogen-bond acceptors (Lipinski definition) is 10. The first-order valence-corrected chi connectivity index (χ1v) is 29.2. The van der Waals surface area contributed by atoms with Crippen molar-refractivity contribution in [2.24, 2.45) is 0 Å². The van der Waals surface area contributed by atoms with Gasteiger partial charge in [0, 0.05) is 0 Å². The Kier molecular flexibility index (Phi) is 45.2. The molecule has 0 aromatic rings. The molecule has 1 amide bonds. The van der Waals surface area contributed by atoms with E-state index in [4.69, 9.17) is 9.47 Å². The molecule has 0 aromatic heterocycles. The standard InChI is InChI=1S/C58H111NO10/c1-3-5-7-9-11-13-15-16-17-18-19-20-21-22-23-24-25-26-27-28-29-30-31-32-33-34-36-37-39-41-43-45-50(61)53(63)49(48-68-58-56(66)55(65)54(64)52(47-60)69-58)59-57(67)51(62)46-44-42-40-38-35-14-12-10-8-6-4-2/h32-33,37,39,49-56,58,60-66H,3-31,34-36,38,40-48H2,1-2H3,(H,59,67)/b33-32+,39-37+. The predicted octanol–water partition coefficient (Wildman–Crippen LogP) is 12.1. The molecule has 8 N–H and O–H groups in total. The molecule has 9 unspecified atom stereocenters. The van der Waals surface area contributed by atoms with E-state index in [1.54, 1.807) is 0 Å². The number of hydrogen-bond donors (Lipinski definition) is 8. The molecular weight excluding hydrogens is 871 g/mol. The fourth-order valence-corrected chi connectivity index (χ4v) is 9.46. The van der Waals surface area contributed by atoms with Gasteiger partial charge in [-0.05, 0) is 51.4 Å². The summed E-state index contributed by atoms with van der Waals surface area (Å²) in [7, 11) is 0. The maximum Gasteiger partial charge on any atom is 0.249 e. The van der Waals surface area contributed by atoms with E-state index in [-0.39, 0.29) is 12.8 Å². The molecule has 0 aliphatic carbocycles. The molecule has 408 valence electrons. The lowest BCUT2D eigenvalue weighted by Gasteiger charge is -2.40. The number of amides is 1. The van der Waals surface area contributed by atoms with Crippen molar-refractivity contribution < 1.29 is 50.0 Å². The molecule has 1 fully saturated rings. The molecule has 1 heterocycles. The fraction of sp³-hybridized carbons (Fsp3) is 0.914. The van der Waals surface area contributed by atoms with Gasteiger partial charge in [-0.15, -0.1) is 0 Å². The summed E-state index contributed by atoms with van der Waals surface area (Å²) in [5, 5.41) is 75.9. The lowest BCUT2D eigenvalue weighted by atomic mass is 9.98. The first-order valence-electron chi connectivity index (χ1n) is 29.2. The highest BCUT2D eigenvalue weighted by atomic mass is 16.7. The lowest BCUT2D eigenvalue weighted by Crippen LogP contribution is -2.60. The van der Waals surface area contributed by atoms with Gasteiger partial charge in [0.2, 0.25) is 5.91 Å². The number of carbonyl (C=O) groups is 1. The number of carbonyl (C=O) groups excluding carboxylic acids is 1. The number of aliphatic hydroxyl groups excluding tert-OH is 7. The molecule has 1 rings (SSSR count). The van der Waals surface area contributed by atoms with Crippen molar-refractivity contribution in [3.05, 3.63) is 24.3 Å². The van der Waals surface area contributed by atoms with Gasteiger partial charge in [-0.2, -0.15) is 0 Å². The number of aliphatic hydroxyl groups is 7. The average Bonchev–Trinajstić information content (AvgIpc) is 3.35. The van der Waals surface area contributed by atoms with Crippen molar-refractivity contribution in [2.75, 3.05) is 13.2 Å². The monoisotopic (exact) mass is 982 g/mol. The third-order valence-electron chi connectivity index (χ3n) is 14.2. The van der Waals surface area contributed by atoms with Crippen molar-refractivity contribution in [3.8, 4) is 0 Å². The molecule has 0 bridgehead atoms. The summed E-state index contributed by atoms with van der Waals surface area (Å²) in [6, 6.07) is -1.19. The van der Waals surface area contributed by atoms with Crippen molar-refractivity contribution >= 4 is 5.91 Å². The zero-order valence-corrected chi connectivity index (χ0v) is 44.6. The van der Waals surface area contributed by atoms with Gasteiger partial charge < -0.3 is 50.5 Å². The van der Waals surface area contributed by atoms with Crippen molar-refractivity contribution in [2.45, 2.75) is 326 Å². The van der Waals surface area contributed by atoms with Gasteiger partial charge in [0.15, 0.2) is 6.29 Å². The van der Waals surface area contributed by atoms with Crippen LogP contribution >= 0.6 is 0 Å². The Hall–Kier alpha value is -1.41. The second-order valence-electron chi connectivity index (χ2n) is 20.7. The molecule has 1 aliphatic rings. The lowest BCUT2D eigenvalue weighted by molar-refractivity contribution is -0.303. The molecule has 69 heavy (non-hydrogen) atoms. The minimum atomic E-state index is -1.67. The molecule has 1 saturated heterocycles. The van der Waals surface area contributed by atoms with Crippen LogP contribution in [0.1, 0.15) is 271 Å². The summed E-state index contributed by atoms with van der Waals surface area (Å²) in [4.78, 5) is 13.1. The van der Waals surface area contributed by atoms with Gasteiger partial charge in [-0.1, -0.05) is 244 Å².